The minimum Gasteiger partial charge on any atom is -0.497 e. The monoisotopic (exact) mass is 538 g/mol. The van der Waals surface area contributed by atoms with E-state index in [9.17, 15) is 4.79 Å². The second kappa shape index (κ2) is 14.2. The molecular formula is C28H42N8O3. The maximum atomic E-state index is 12.0. The zero-order chi connectivity index (χ0) is 27.6. The van der Waals surface area contributed by atoms with E-state index >= 15 is 0 Å². The van der Waals surface area contributed by atoms with Crippen molar-refractivity contribution in [2.45, 2.75) is 52.1 Å². The molecule has 11 nitrogen and oxygen atoms in total. The smallest absolute Gasteiger partial charge is 0.234 e. The summed E-state index contributed by atoms with van der Waals surface area (Å²) < 4.78 is 12.8. The topological polar surface area (TPSA) is 118 Å². The molecule has 0 radical (unpaired) electrons. The van der Waals surface area contributed by atoms with Crippen LogP contribution in [0.15, 0.2) is 30.5 Å². The summed E-state index contributed by atoms with van der Waals surface area (Å²) in [7, 11) is 1.67. The summed E-state index contributed by atoms with van der Waals surface area (Å²) in [6, 6.07) is 7.96. The Bertz CT molecular complexity index is 1210. The number of fused-ring (bicyclic) bond motifs is 1. The van der Waals surface area contributed by atoms with E-state index in [0.717, 1.165) is 35.6 Å². The molecule has 2 aromatic heterocycles. The first kappa shape index (κ1) is 28.7. The van der Waals surface area contributed by atoms with E-state index < -0.39 is 0 Å². The van der Waals surface area contributed by atoms with E-state index in [2.05, 4.69) is 52.8 Å². The zero-order valence-electron chi connectivity index (χ0n) is 23.6. The van der Waals surface area contributed by atoms with Crippen LogP contribution in [0, 0.1) is 0 Å². The van der Waals surface area contributed by atoms with Gasteiger partial charge < -0.3 is 25.4 Å². The average molecular weight is 539 g/mol. The van der Waals surface area contributed by atoms with Crippen LogP contribution >= 0.6 is 0 Å². The van der Waals surface area contributed by atoms with Crippen molar-refractivity contribution in [2.75, 3.05) is 58.4 Å². The molecule has 3 aromatic rings. The third kappa shape index (κ3) is 8.11. The lowest BCUT2D eigenvalue weighted by Gasteiger charge is -2.17. The van der Waals surface area contributed by atoms with Gasteiger partial charge in [-0.2, -0.15) is 14.6 Å². The Morgan fingerprint density at radius 2 is 1.90 bits per heavy atom. The van der Waals surface area contributed by atoms with E-state index in [1.54, 1.807) is 11.6 Å². The Morgan fingerprint density at radius 1 is 1.10 bits per heavy atom. The molecular weight excluding hydrogens is 496 g/mol. The molecule has 1 saturated heterocycles. The first-order valence-corrected chi connectivity index (χ1v) is 13.9. The van der Waals surface area contributed by atoms with Gasteiger partial charge in [-0.15, -0.1) is 0 Å². The maximum Gasteiger partial charge on any atom is 0.234 e. The van der Waals surface area contributed by atoms with Crippen molar-refractivity contribution in [1.29, 1.82) is 0 Å². The second-order valence-electron chi connectivity index (χ2n) is 10.2. The SMILES string of the molecule is COc1cccc([C@H](C)Nc2nc(CNCCOCCNC(=O)CN3CCCC3)nc3c(C(C)C)cnn23)c1. The fourth-order valence-electron chi connectivity index (χ4n) is 4.61. The highest BCUT2D eigenvalue weighted by Gasteiger charge is 2.17. The Labute approximate surface area is 230 Å². The van der Waals surface area contributed by atoms with E-state index in [4.69, 9.17) is 19.4 Å². The number of hydrogen-bond donors (Lipinski definition) is 3. The number of hydrogen-bond acceptors (Lipinski definition) is 9. The van der Waals surface area contributed by atoms with Crippen LogP contribution in [0.5, 0.6) is 5.75 Å². The van der Waals surface area contributed by atoms with Crippen molar-refractivity contribution in [2.24, 2.45) is 0 Å². The predicted octanol–water partition coefficient (Wildman–Crippen LogP) is 2.75. The van der Waals surface area contributed by atoms with Crippen LogP contribution < -0.4 is 20.7 Å². The molecule has 39 heavy (non-hydrogen) atoms. The van der Waals surface area contributed by atoms with E-state index in [1.165, 1.54) is 12.8 Å². The number of likely N-dealkylation sites (tertiary alicyclic amines) is 1. The Kier molecular flexibility index (Phi) is 10.5. The number of anilines is 1. The van der Waals surface area contributed by atoms with Crippen molar-refractivity contribution in [3.8, 4) is 5.75 Å². The molecule has 1 amide bonds. The fraction of sp³-hybridized carbons (Fsp3) is 0.571. The van der Waals surface area contributed by atoms with Crippen LogP contribution in [0.3, 0.4) is 0 Å². The highest BCUT2D eigenvalue weighted by molar-refractivity contribution is 5.78. The maximum absolute atomic E-state index is 12.0. The van der Waals surface area contributed by atoms with Gasteiger partial charge in [0, 0.05) is 18.7 Å². The van der Waals surface area contributed by atoms with Crippen LogP contribution in [0.2, 0.25) is 0 Å². The van der Waals surface area contributed by atoms with Crippen molar-refractivity contribution >= 4 is 17.5 Å². The van der Waals surface area contributed by atoms with Gasteiger partial charge in [-0.3, -0.25) is 9.69 Å². The number of rotatable bonds is 15. The summed E-state index contributed by atoms with van der Waals surface area (Å²) >= 11 is 0. The highest BCUT2D eigenvalue weighted by atomic mass is 16.5. The first-order chi connectivity index (χ1) is 18.9. The zero-order valence-corrected chi connectivity index (χ0v) is 23.6. The molecule has 1 aliphatic heterocycles. The largest absolute Gasteiger partial charge is 0.497 e. The molecule has 4 rings (SSSR count). The number of methoxy groups -OCH3 is 1. The van der Waals surface area contributed by atoms with Crippen molar-refractivity contribution in [1.82, 2.24) is 35.1 Å². The summed E-state index contributed by atoms with van der Waals surface area (Å²) in [6.45, 7) is 11.6. The Morgan fingerprint density at radius 3 is 2.67 bits per heavy atom. The number of nitrogens with one attached hydrogen (secondary N) is 3. The molecule has 1 aromatic carbocycles. The van der Waals surface area contributed by atoms with Gasteiger partial charge in [0.25, 0.3) is 0 Å². The lowest BCUT2D eigenvalue weighted by atomic mass is 10.1. The van der Waals surface area contributed by atoms with E-state index in [1.807, 2.05) is 24.4 Å². The van der Waals surface area contributed by atoms with Crippen LogP contribution in [0.1, 0.15) is 62.5 Å². The van der Waals surface area contributed by atoms with Crippen LogP contribution in [-0.2, 0) is 16.1 Å². The summed E-state index contributed by atoms with van der Waals surface area (Å²) in [6.07, 6.45) is 4.24. The van der Waals surface area contributed by atoms with Gasteiger partial charge in [0.1, 0.15) is 11.6 Å². The van der Waals surface area contributed by atoms with Gasteiger partial charge in [-0.05, 0) is 56.5 Å². The summed E-state index contributed by atoms with van der Waals surface area (Å²) in [4.78, 5) is 23.8. The molecule has 1 aliphatic rings. The molecule has 0 saturated carbocycles. The molecule has 1 fully saturated rings. The fourth-order valence-corrected chi connectivity index (χ4v) is 4.61. The van der Waals surface area contributed by atoms with Gasteiger partial charge in [-0.1, -0.05) is 26.0 Å². The highest BCUT2D eigenvalue weighted by Crippen LogP contribution is 2.25. The summed E-state index contributed by atoms with van der Waals surface area (Å²) in [5.41, 5.74) is 2.96. The second-order valence-corrected chi connectivity index (χ2v) is 10.2. The van der Waals surface area contributed by atoms with Crippen molar-refractivity contribution in [3.05, 3.63) is 47.4 Å². The van der Waals surface area contributed by atoms with Crippen LogP contribution in [-0.4, -0.2) is 83.4 Å². The quantitative estimate of drug-likeness (QED) is 0.251. The lowest BCUT2D eigenvalue weighted by molar-refractivity contribution is -0.122. The van der Waals surface area contributed by atoms with Gasteiger partial charge >= 0.3 is 0 Å². The minimum absolute atomic E-state index is 0.0186. The Hall–Kier alpha value is -3.28. The molecule has 1 atom stereocenters. The van der Waals surface area contributed by atoms with E-state index in [-0.39, 0.29) is 17.9 Å². The third-order valence-electron chi connectivity index (χ3n) is 6.84. The number of benzene rings is 1. The van der Waals surface area contributed by atoms with Crippen LogP contribution in [0.4, 0.5) is 5.95 Å². The van der Waals surface area contributed by atoms with Gasteiger partial charge in [0.2, 0.25) is 11.9 Å². The average Bonchev–Trinajstić information content (AvgIpc) is 3.60. The number of ether oxygens (including phenoxy) is 2. The lowest BCUT2D eigenvalue weighted by Crippen LogP contribution is -2.37. The predicted molar refractivity (Wildman–Crippen MR) is 151 cm³/mol. The molecule has 0 spiro atoms. The minimum atomic E-state index is -0.0186. The van der Waals surface area contributed by atoms with Crippen molar-refractivity contribution in [3.63, 3.8) is 0 Å². The number of nitrogens with zero attached hydrogens (tertiary/aromatic N) is 5. The van der Waals surface area contributed by atoms with Crippen molar-refractivity contribution < 1.29 is 14.3 Å². The summed E-state index contributed by atoms with van der Waals surface area (Å²) in [5, 5.41) is 14.4. The van der Waals surface area contributed by atoms with Crippen LogP contribution in [0.25, 0.3) is 5.65 Å². The van der Waals surface area contributed by atoms with Gasteiger partial charge in [0.05, 0.1) is 45.7 Å². The molecule has 11 heteroatoms. The third-order valence-corrected chi connectivity index (χ3v) is 6.84. The van der Waals surface area contributed by atoms with Gasteiger partial charge in [-0.25, -0.2) is 4.98 Å². The molecule has 212 valence electrons. The normalized spacial score (nSPS) is 14.7. The Balaban J connectivity index is 1.28. The first-order valence-electron chi connectivity index (χ1n) is 13.9. The standard InChI is InChI=1S/C28H42N8O3/c1-20(2)24-17-31-36-27(24)33-25(34-28(36)32-21(3)22-8-7-9-23(16-22)38-4)18-29-10-14-39-15-11-30-26(37)19-35-12-5-6-13-35/h7-9,16-17,20-21,29H,5-6,10-15,18-19H2,1-4H3,(H,30,37)(H,32,33,34)/t21-/m0/s1. The number of carbonyl (C=O) groups is 1. The van der Waals surface area contributed by atoms with E-state index in [0.29, 0.717) is 51.2 Å². The molecule has 0 unspecified atom stereocenters. The summed E-state index contributed by atoms with van der Waals surface area (Å²) in [5.74, 6) is 2.48. The number of amides is 1. The number of aromatic nitrogens is 4. The molecule has 0 aliphatic carbocycles. The molecule has 3 N–H and O–H groups in total. The molecule has 3 heterocycles. The van der Waals surface area contributed by atoms with Gasteiger partial charge in [0.15, 0.2) is 5.65 Å². The number of carbonyl (C=O) groups excluding carboxylic acids is 1. The molecule has 0 bridgehead atoms.